The largest absolute Gasteiger partial charge is 0.491 e. The molecule has 2 atom stereocenters. The first kappa shape index (κ1) is 18.9. The molecule has 1 saturated heterocycles. The van der Waals surface area contributed by atoms with E-state index in [2.05, 4.69) is 5.32 Å². The number of thioether (sulfide) groups is 1. The van der Waals surface area contributed by atoms with Gasteiger partial charge in [-0.1, -0.05) is 0 Å². The molecule has 0 radical (unpaired) electrons. The standard InChI is InChI=1S/C15H19F3N2O3S/c1-20(14(22)13-8-24-9-19-13)6-11(21)7-23-12-4-2-10(3-5-12)15(16,17)18/h2-5,11,13,19,21H,6-9H2,1H3/t11-,13-/m0/s1. The second kappa shape index (κ2) is 8.09. The number of carbonyl (C=O) groups excluding carboxylic acids is 1. The van der Waals surface area contributed by atoms with Gasteiger partial charge in [0.1, 0.15) is 18.5 Å². The van der Waals surface area contributed by atoms with E-state index in [0.717, 1.165) is 18.0 Å². The lowest BCUT2D eigenvalue weighted by Gasteiger charge is -2.23. The molecule has 1 aliphatic rings. The Morgan fingerprint density at radius 1 is 1.46 bits per heavy atom. The van der Waals surface area contributed by atoms with E-state index < -0.39 is 17.8 Å². The fraction of sp³-hybridized carbons (Fsp3) is 0.533. The third kappa shape index (κ3) is 5.29. The number of alkyl halides is 3. The lowest BCUT2D eigenvalue weighted by Crippen LogP contribution is -2.46. The lowest BCUT2D eigenvalue weighted by atomic mass is 10.2. The van der Waals surface area contributed by atoms with Crippen LogP contribution in [0.25, 0.3) is 0 Å². The van der Waals surface area contributed by atoms with Crippen LogP contribution >= 0.6 is 11.8 Å². The maximum absolute atomic E-state index is 12.5. The number of nitrogens with one attached hydrogen (secondary N) is 1. The quantitative estimate of drug-likeness (QED) is 0.802. The molecule has 1 amide bonds. The van der Waals surface area contributed by atoms with Gasteiger partial charge in [0.2, 0.25) is 5.91 Å². The lowest BCUT2D eigenvalue weighted by molar-refractivity contribution is -0.137. The van der Waals surface area contributed by atoms with Gasteiger partial charge in [-0.05, 0) is 24.3 Å². The van der Waals surface area contributed by atoms with Gasteiger partial charge in [0.25, 0.3) is 0 Å². The number of amides is 1. The minimum atomic E-state index is -4.40. The average Bonchev–Trinajstić information content (AvgIpc) is 3.06. The van der Waals surface area contributed by atoms with Gasteiger partial charge in [-0.25, -0.2) is 0 Å². The van der Waals surface area contributed by atoms with Crippen molar-refractivity contribution in [2.45, 2.75) is 18.3 Å². The summed E-state index contributed by atoms with van der Waals surface area (Å²) in [7, 11) is 1.59. The monoisotopic (exact) mass is 364 g/mol. The van der Waals surface area contributed by atoms with E-state index >= 15 is 0 Å². The third-order valence-corrected chi connectivity index (χ3v) is 4.44. The van der Waals surface area contributed by atoms with Crippen LogP contribution in [0.15, 0.2) is 24.3 Å². The third-order valence-electron chi connectivity index (χ3n) is 3.50. The molecule has 2 N–H and O–H groups in total. The Balaban J connectivity index is 1.78. The molecular formula is C15H19F3N2O3S. The Bertz CT molecular complexity index is 548. The Morgan fingerprint density at radius 2 is 2.12 bits per heavy atom. The van der Waals surface area contributed by atoms with E-state index in [1.807, 2.05) is 0 Å². The predicted molar refractivity (Wildman–Crippen MR) is 84.8 cm³/mol. The van der Waals surface area contributed by atoms with Crippen LogP contribution in [0.2, 0.25) is 0 Å². The molecular weight excluding hydrogens is 345 g/mol. The van der Waals surface area contributed by atoms with Crippen LogP contribution in [-0.4, -0.2) is 59.9 Å². The Labute approximate surface area is 142 Å². The SMILES string of the molecule is CN(C[C@H](O)COc1ccc(C(F)(F)F)cc1)C(=O)[C@@H]1CSCN1. The Hall–Kier alpha value is -1.45. The van der Waals surface area contributed by atoms with E-state index in [-0.39, 0.29) is 30.9 Å². The van der Waals surface area contributed by atoms with E-state index in [4.69, 9.17) is 4.74 Å². The summed E-state index contributed by atoms with van der Waals surface area (Å²) in [4.78, 5) is 13.5. The summed E-state index contributed by atoms with van der Waals surface area (Å²) in [5.41, 5.74) is -0.761. The molecule has 1 heterocycles. The summed E-state index contributed by atoms with van der Waals surface area (Å²) in [6.07, 6.45) is -5.33. The van der Waals surface area contributed by atoms with Crippen LogP contribution in [0.5, 0.6) is 5.75 Å². The number of ether oxygens (including phenoxy) is 1. The number of aliphatic hydroxyl groups is 1. The number of benzene rings is 1. The molecule has 1 aromatic carbocycles. The van der Waals surface area contributed by atoms with Gasteiger partial charge >= 0.3 is 6.18 Å². The molecule has 1 fully saturated rings. The molecule has 5 nitrogen and oxygen atoms in total. The maximum Gasteiger partial charge on any atom is 0.416 e. The van der Waals surface area contributed by atoms with E-state index in [1.54, 1.807) is 18.8 Å². The molecule has 24 heavy (non-hydrogen) atoms. The number of rotatable bonds is 6. The van der Waals surface area contributed by atoms with Gasteiger partial charge in [0.05, 0.1) is 11.6 Å². The van der Waals surface area contributed by atoms with Crippen molar-refractivity contribution < 1.29 is 27.8 Å². The summed E-state index contributed by atoms with van der Waals surface area (Å²) in [5, 5.41) is 13.0. The van der Waals surface area contributed by atoms with Crippen molar-refractivity contribution in [3.63, 3.8) is 0 Å². The highest BCUT2D eigenvalue weighted by Crippen LogP contribution is 2.30. The molecule has 0 aromatic heterocycles. The number of halogens is 3. The molecule has 1 aromatic rings. The van der Waals surface area contributed by atoms with Crippen LogP contribution < -0.4 is 10.1 Å². The second-order valence-corrected chi connectivity index (χ2v) is 6.51. The Morgan fingerprint density at radius 3 is 2.67 bits per heavy atom. The second-order valence-electron chi connectivity index (χ2n) is 5.48. The van der Waals surface area contributed by atoms with Crippen molar-refractivity contribution in [3.05, 3.63) is 29.8 Å². The average molecular weight is 364 g/mol. The smallest absolute Gasteiger partial charge is 0.416 e. The molecule has 0 spiro atoms. The van der Waals surface area contributed by atoms with Crippen LogP contribution in [0.3, 0.4) is 0 Å². The topological polar surface area (TPSA) is 61.8 Å². The summed E-state index contributed by atoms with van der Waals surface area (Å²) < 4.78 is 42.6. The van der Waals surface area contributed by atoms with Gasteiger partial charge in [0, 0.05) is 25.2 Å². The number of carbonyl (C=O) groups is 1. The fourth-order valence-electron chi connectivity index (χ4n) is 2.21. The zero-order valence-corrected chi connectivity index (χ0v) is 13.9. The zero-order valence-electron chi connectivity index (χ0n) is 13.0. The molecule has 134 valence electrons. The minimum absolute atomic E-state index is 0.0856. The van der Waals surface area contributed by atoms with Crippen molar-refractivity contribution in [3.8, 4) is 5.75 Å². The highest BCUT2D eigenvalue weighted by molar-refractivity contribution is 7.99. The zero-order chi connectivity index (χ0) is 17.7. The first-order valence-corrected chi connectivity index (χ1v) is 8.47. The molecule has 0 saturated carbocycles. The van der Waals surface area contributed by atoms with Crippen LogP contribution in [0.4, 0.5) is 13.2 Å². The maximum atomic E-state index is 12.5. The normalized spacial score (nSPS) is 19.1. The summed E-state index contributed by atoms with van der Waals surface area (Å²) in [5.74, 6) is 1.55. The molecule has 2 rings (SSSR count). The van der Waals surface area contributed by atoms with Gasteiger partial charge in [-0.3, -0.25) is 10.1 Å². The van der Waals surface area contributed by atoms with Gasteiger partial charge < -0.3 is 14.7 Å². The van der Waals surface area contributed by atoms with E-state index in [0.29, 0.717) is 5.75 Å². The van der Waals surface area contributed by atoms with Crippen molar-refractivity contribution >= 4 is 17.7 Å². The number of hydrogen-bond donors (Lipinski definition) is 2. The Kier molecular flexibility index (Phi) is 6.36. The van der Waals surface area contributed by atoms with E-state index in [1.165, 1.54) is 17.0 Å². The number of aliphatic hydroxyl groups excluding tert-OH is 1. The van der Waals surface area contributed by atoms with Crippen LogP contribution in [0, 0.1) is 0 Å². The summed E-state index contributed by atoms with van der Waals surface area (Å²) in [6.45, 7) is -0.0296. The van der Waals surface area contributed by atoms with Crippen molar-refractivity contribution in [1.82, 2.24) is 10.2 Å². The molecule has 9 heteroatoms. The van der Waals surface area contributed by atoms with Gasteiger partial charge in [-0.2, -0.15) is 13.2 Å². The number of likely N-dealkylation sites (N-methyl/N-ethyl adjacent to an activating group) is 1. The van der Waals surface area contributed by atoms with Crippen LogP contribution in [0.1, 0.15) is 5.56 Å². The molecule has 1 aliphatic heterocycles. The molecule has 0 aliphatic carbocycles. The highest BCUT2D eigenvalue weighted by atomic mass is 32.2. The first-order valence-electron chi connectivity index (χ1n) is 7.31. The minimum Gasteiger partial charge on any atom is -0.491 e. The summed E-state index contributed by atoms with van der Waals surface area (Å²) in [6, 6.07) is 3.98. The van der Waals surface area contributed by atoms with Gasteiger partial charge in [-0.15, -0.1) is 11.8 Å². The van der Waals surface area contributed by atoms with Crippen molar-refractivity contribution in [1.29, 1.82) is 0 Å². The van der Waals surface area contributed by atoms with E-state index in [9.17, 15) is 23.1 Å². The number of nitrogens with zero attached hydrogens (tertiary/aromatic N) is 1. The van der Waals surface area contributed by atoms with Crippen molar-refractivity contribution in [2.75, 3.05) is 31.8 Å². The van der Waals surface area contributed by atoms with Crippen LogP contribution in [-0.2, 0) is 11.0 Å². The predicted octanol–water partition coefficient (Wildman–Crippen LogP) is 1.57. The first-order chi connectivity index (χ1) is 11.3. The highest BCUT2D eigenvalue weighted by Gasteiger charge is 2.30. The fourth-order valence-corrected chi connectivity index (χ4v) is 3.14. The van der Waals surface area contributed by atoms with Gasteiger partial charge in [0.15, 0.2) is 0 Å². The molecule has 0 bridgehead atoms. The van der Waals surface area contributed by atoms with Crippen molar-refractivity contribution in [2.24, 2.45) is 0 Å². The molecule has 0 unspecified atom stereocenters. The number of hydrogen-bond acceptors (Lipinski definition) is 5. The summed E-state index contributed by atoms with van der Waals surface area (Å²) >= 11 is 1.63.